The molecule has 108 valence electrons. The highest BCUT2D eigenvalue weighted by molar-refractivity contribution is 5.81. The summed E-state index contributed by atoms with van der Waals surface area (Å²) in [5.74, 6) is -0.857. The fourth-order valence-electron chi connectivity index (χ4n) is 2.55. The number of benzene rings is 1. The van der Waals surface area contributed by atoms with Crippen molar-refractivity contribution in [3.63, 3.8) is 0 Å². The van der Waals surface area contributed by atoms with Gasteiger partial charge in [-0.15, -0.1) is 0 Å². The van der Waals surface area contributed by atoms with Gasteiger partial charge >= 0.3 is 5.97 Å². The van der Waals surface area contributed by atoms with Crippen molar-refractivity contribution >= 4 is 17.6 Å². The van der Waals surface area contributed by atoms with Crippen LogP contribution in [0.25, 0.3) is 0 Å². The molecule has 5 heteroatoms. The van der Waals surface area contributed by atoms with E-state index in [0.29, 0.717) is 18.7 Å². The molecule has 0 radical (unpaired) electrons. The zero-order chi connectivity index (χ0) is 14.8. The monoisotopic (exact) mass is 276 g/mol. The number of rotatable bonds is 3. The molecule has 1 aliphatic rings. The lowest BCUT2D eigenvalue weighted by Crippen LogP contribution is -2.48. The quantitative estimate of drug-likeness (QED) is 0.820. The fourth-order valence-corrected chi connectivity index (χ4v) is 2.55. The number of carboxylic acids is 1. The second-order valence-corrected chi connectivity index (χ2v) is 5.70. The highest BCUT2D eigenvalue weighted by atomic mass is 16.4. The third-order valence-electron chi connectivity index (χ3n) is 3.90. The third kappa shape index (κ3) is 3.10. The molecule has 1 amide bonds. The first-order valence-corrected chi connectivity index (χ1v) is 6.76. The normalized spacial score (nSPS) is 22.6. The molecule has 2 rings (SSSR count). The van der Waals surface area contributed by atoms with Crippen LogP contribution in [0.5, 0.6) is 0 Å². The molecule has 3 N–H and O–H groups in total. The number of nitrogens with zero attached hydrogens (tertiary/aromatic N) is 1. The summed E-state index contributed by atoms with van der Waals surface area (Å²) in [6.45, 7) is 2.63. The van der Waals surface area contributed by atoms with E-state index in [0.717, 1.165) is 12.0 Å². The molecular formula is C15H20N2O3. The van der Waals surface area contributed by atoms with E-state index < -0.39 is 11.4 Å². The van der Waals surface area contributed by atoms with Gasteiger partial charge in [0.1, 0.15) is 0 Å². The summed E-state index contributed by atoms with van der Waals surface area (Å²) in [5, 5.41) is 9.27. The maximum atomic E-state index is 12.3. The Bertz CT molecular complexity index is 512. The smallest absolute Gasteiger partial charge is 0.311 e. The molecule has 0 aromatic heterocycles. The number of amides is 1. The molecule has 1 unspecified atom stereocenters. The van der Waals surface area contributed by atoms with E-state index in [-0.39, 0.29) is 18.9 Å². The molecular weight excluding hydrogens is 256 g/mol. The number of carbonyl (C=O) groups excluding carboxylic acids is 1. The second-order valence-electron chi connectivity index (χ2n) is 5.70. The standard InChI is InChI=1S/C15H20N2O3/c1-15(14(19)20)7-2-8-17(10-15)13(18)9-11-3-5-12(16)6-4-11/h3-6H,2,7-10,16H2,1H3,(H,19,20). The van der Waals surface area contributed by atoms with Gasteiger partial charge < -0.3 is 15.7 Å². The highest BCUT2D eigenvalue weighted by Crippen LogP contribution is 2.30. The molecule has 1 atom stereocenters. The van der Waals surface area contributed by atoms with Crippen molar-refractivity contribution < 1.29 is 14.7 Å². The SMILES string of the molecule is CC1(C(=O)O)CCCN(C(=O)Cc2ccc(N)cc2)C1. The molecule has 20 heavy (non-hydrogen) atoms. The Morgan fingerprint density at radius 2 is 2.00 bits per heavy atom. The number of carbonyl (C=O) groups is 2. The second kappa shape index (κ2) is 5.53. The molecule has 1 fully saturated rings. The topological polar surface area (TPSA) is 83.6 Å². The average molecular weight is 276 g/mol. The number of hydrogen-bond acceptors (Lipinski definition) is 3. The van der Waals surface area contributed by atoms with Gasteiger partial charge in [-0.2, -0.15) is 0 Å². The van der Waals surface area contributed by atoms with E-state index in [2.05, 4.69) is 0 Å². The minimum atomic E-state index is -0.831. The van der Waals surface area contributed by atoms with Crippen molar-refractivity contribution in [2.24, 2.45) is 5.41 Å². The molecule has 0 aliphatic carbocycles. The van der Waals surface area contributed by atoms with E-state index in [1.165, 1.54) is 0 Å². The first kappa shape index (κ1) is 14.4. The number of aliphatic carboxylic acids is 1. The molecule has 1 aromatic carbocycles. The summed E-state index contributed by atoms with van der Waals surface area (Å²) >= 11 is 0. The molecule has 1 aromatic rings. The van der Waals surface area contributed by atoms with Crippen LogP contribution in [-0.2, 0) is 16.0 Å². The van der Waals surface area contributed by atoms with Crippen LogP contribution in [0, 0.1) is 5.41 Å². The Kier molecular flexibility index (Phi) is 3.97. The molecule has 0 saturated carbocycles. The third-order valence-corrected chi connectivity index (χ3v) is 3.90. The molecule has 0 spiro atoms. The van der Waals surface area contributed by atoms with Gasteiger partial charge in [-0.3, -0.25) is 9.59 Å². The Morgan fingerprint density at radius 1 is 1.35 bits per heavy atom. The first-order chi connectivity index (χ1) is 9.40. The number of nitrogen functional groups attached to an aromatic ring is 1. The molecule has 1 saturated heterocycles. The van der Waals surface area contributed by atoms with E-state index in [1.54, 1.807) is 24.0 Å². The largest absolute Gasteiger partial charge is 0.481 e. The van der Waals surface area contributed by atoms with Gasteiger partial charge in [0.25, 0.3) is 0 Å². The number of anilines is 1. The van der Waals surface area contributed by atoms with Crippen molar-refractivity contribution in [3.05, 3.63) is 29.8 Å². The predicted octanol–water partition coefficient (Wildman–Crippen LogP) is 1.52. The lowest BCUT2D eigenvalue weighted by atomic mass is 9.82. The summed E-state index contributed by atoms with van der Waals surface area (Å²) in [4.78, 5) is 25.2. The summed E-state index contributed by atoms with van der Waals surface area (Å²) in [6.07, 6.45) is 1.64. The Labute approximate surface area is 118 Å². The zero-order valence-electron chi connectivity index (χ0n) is 11.6. The van der Waals surface area contributed by atoms with Crippen molar-refractivity contribution in [2.75, 3.05) is 18.8 Å². The summed E-state index contributed by atoms with van der Waals surface area (Å²) in [7, 11) is 0. The number of hydrogen-bond donors (Lipinski definition) is 2. The van der Waals surface area contributed by atoms with E-state index in [9.17, 15) is 14.7 Å². The van der Waals surface area contributed by atoms with Gasteiger partial charge in [0.2, 0.25) is 5.91 Å². The van der Waals surface area contributed by atoms with Gasteiger partial charge in [-0.1, -0.05) is 12.1 Å². The van der Waals surface area contributed by atoms with E-state index >= 15 is 0 Å². The minimum Gasteiger partial charge on any atom is -0.481 e. The lowest BCUT2D eigenvalue weighted by molar-refractivity contribution is -0.153. The van der Waals surface area contributed by atoms with Crippen LogP contribution < -0.4 is 5.73 Å². The summed E-state index contributed by atoms with van der Waals surface area (Å²) in [5.41, 5.74) is 6.34. The Balaban J connectivity index is 2.02. The van der Waals surface area contributed by atoms with Crippen molar-refractivity contribution in [3.8, 4) is 0 Å². The van der Waals surface area contributed by atoms with Crippen LogP contribution in [0.3, 0.4) is 0 Å². The van der Waals surface area contributed by atoms with Crippen LogP contribution >= 0.6 is 0 Å². The van der Waals surface area contributed by atoms with Gasteiger partial charge in [0.15, 0.2) is 0 Å². The molecule has 1 aliphatic heterocycles. The molecule has 0 bridgehead atoms. The number of piperidine rings is 1. The maximum absolute atomic E-state index is 12.3. The number of carboxylic acid groups (broad SMARTS) is 1. The Hall–Kier alpha value is -2.04. The van der Waals surface area contributed by atoms with E-state index in [4.69, 9.17) is 5.73 Å². The highest BCUT2D eigenvalue weighted by Gasteiger charge is 2.39. The fraction of sp³-hybridized carbons (Fsp3) is 0.467. The molecule has 5 nitrogen and oxygen atoms in total. The van der Waals surface area contributed by atoms with Gasteiger partial charge in [-0.25, -0.2) is 0 Å². The Morgan fingerprint density at radius 3 is 2.60 bits per heavy atom. The van der Waals surface area contributed by atoms with Crippen LogP contribution in [0.1, 0.15) is 25.3 Å². The maximum Gasteiger partial charge on any atom is 0.311 e. The van der Waals surface area contributed by atoms with Gasteiger partial charge in [0.05, 0.1) is 11.8 Å². The summed E-state index contributed by atoms with van der Waals surface area (Å²) < 4.78 is 0. The average Bonchev–Trinajstić information content (AvgIpc) is 2.41. The minimum absolute atomic E-state index is 0.0260. The zero-order valence-corrected chi connectivity index (χ0v) is 11.6. The number of nitrogens with two attached hydrogens (primary N) is 1. The molecule has 1 heterocycles. The van der Waals surface area contributed by atoms with Gasteiger partial charge in [0, 0.05) is 18.8 Å². The van der Waals surface area contributed by atoms with Crippen LogP contribution in [0.2, 0.25) is 0 Å². The number of likely N-dealkylation sites (tertiary alicyclic amines) is 1. The van der Waals surface area contributed by atoms with Gasteiger partial charge in [-0.05, 0) is 37.5 Å². The summed E-state index contributed by atoms with van der Waals surface area (Å²) in [6, 6.07) is 7.18. The lowest BCUT2D eigenvalue weighted by Gasteiger charge is -2.37. The van der Waals surface area contributed by atoms with Crippen molar-refractivity contribution in [1.29, 1.82) is 0 Å². The van der Waals surface area contributed by atoms with Crippen LogP contribution in [-0.4, -0.2) is 35.0 Å². The van der Waals surface area contributed by atoms with Crippen molar-refractivity contribution in [1.82, 2.24) is 4.90 Å². The van der Waals surface area contributed by atoms with Crippen LogP contribution in [0.15, 0.2) is 24.3 Å². The van der Waals surface area contributed by atoms with Crippen molar-refractivity contribution in [2.45, 2.75) is 26.2 Å². The first-order valence-electron chi connectivity index (χ1n) is 6.76. The predicted molar refractivity (Wildman–Crippen MR) is 76.1 cm³/mol. The van der Waals surface area contributed by atoms with Crippen LogP contribution in [0.4, 0.5) is 5.69 Å². The van der Waals surface area contributed by atoms with E-state index in [1.807, 2.05) is 12.1 Å².